The van der Waals surface area contributed by atoms with Crippen molar-refractivity contribution in [3.63, 3.8) is 0 Å². The SMILES string of the molecule is CC=Cc1cc(CO)c(C=Cc2ccc(N(c3ccc(C)cc3)c3ccc(-c4ccccc4)cc3)cc2)cc1OC. The fraction of sp³-hybridized carbons (Fsp3) is 0.105. The van der Waals surface area contributed by atoms with Gasteiger partial charge in [0.15, 0.2) is 0 Å². The van der Waals surface area contributed by atoms with Crippen LogP contribution in [0.25, 0.3) is 29.4 Å². The van der Waals surface area contributed by atoms with Crippen molar-refractivity contribution in [3.05, 3.63) is 149 Å². The van der Waals surface area contributed by atoms with Crippen molar-refractivity contribution < 1.29 is 9.84 Å². The van der Waals surface area contributed by atoms with Crippen LogP contribution in [0.2, 0.25) is 0 Å². The predicted octanol–water partition coefficient (Wildman–Crippen LogP) is 9.84. The maximum absolute atomic E-state index is 9.98. The monoisotopic (exact) mass is 537 g/mol. The van der Waals surface area contributed by atoms with E-state index >= 15 is 0 Å². The fourth-order valence-corrected chi connectivity index (χ4v) is 4.93. The van der Waals surface area contributed by atoms with Crippen LogP contribution in [-0.2, 0) is 6.61 Å². The molecule has 0 saturated heterocycles. The standard InChI is InChI=1S/C38H35NO2/c1-4-8-33-25-34(27-40)32(26-38(33)41-3)16-13-29-14-21-36(22-15-29)39(35-19-11-28(2)12-20-35)37-23-17-31(18-24-37)30-9-6-5-7-10-30/h4-26,40H,27H2,1-3H3. The Morgan fingerprint density at radius 2 is 1.24 bits per heavy atom. The van der Waals surface area contributed by atoms with Gasteiger partial charge in [0.25, 0.3) is 0 Å². The number of ether oxygens (including phenoxy) is 1. The molecule has 0 aliphatic carbocycles. The number of methoxy groups -OCH3 is 1. The molecule has 5 aromatic rings. The highest BCUT2D eigenvalue weighted by atomic mass is 16.5. The van der Waals surface area contributed by atoms with E-state index in [2.05, 4.69) is 115 Å². The van der Waals surface area contributed by atoms with E-state index in [1.54, 1.807) is 7.11 Å². The maximum Gasteiger partial charge on any atom is 0.126 e. The van der Waals surface area contributed by atoms with Gasteiger partial charge in [-0.05, 0) is 90.2 Å². The Bertz CT molecular complexity index is 1630. The van der Waals surface area contributed by atoms with Gasteiger partial charge in [-0.2, -0.15) is 0 Å². The van der Waals surface area contributed by atoms with Crippen LogP contribution in [0.4, 0.5) is 17.1 Å². The molecule has 5 aromatic carbocycles. The summed E-state index contributed by atoms with van der Waals surface area (Å²) in [6, 6.07) is 40.3. The minimum Gasteiger partial charge on any atom is -0.496 e. The average Bonchev–Trinajstić information content (AvgIpc) is 3.02. The molecular formula is C38H35NO2. The van der Waals surface area contributed by atoms with Gasteiger partial charge in [-0.1, -0.05) is 96.6 Å². The summed E-state index contributed by atoms with van der Waals surface area (Å²) < 4.78 is 5.58. The zero-order valence-corrected chi connectivity index (χ0v) is 23.8. The molecule has 0 saturated carbocycles. The zero-order valence-electron chi connectivity index (χ0n) is 23.8. The van der Waals surface area contributed by atoms with E-state index in [1.807, 2.05) is 43.4 Å². The van der Waals surface area contributed by atoms with E-state index in [1.165, 1.54) is 16.7 Å². The number of hydrogen-bond acceptors (Lipinski definition) is 3. The Balaban J connectivity index is 1.45. The number of aryl methyl sites for hydroxylation is 1. The molecule has 0 unspecified atom stereocenters. The first-order valence-corrected chi connectivity index (χ1v) is 13.8. The molecular weight excluding hydrogens is 502 g/mol. The summed E-state index contributed by atoms with van der Waals surface area (Å²) in [5.41, 5.74) is 10.7. The summed E-state index contributed by atoms with van der Waals surface area (Å²) in [5.74, 6) is 0.780. The van der Waals surface area contributed by atoms with Crippen LogP contribution in [0.15, 0.2) is 121 Å². The third-order valence-corrected chi connectivity index (χ3v) is 7.14. The summed E-state index contributed by atoms with van der Waals surface area (Å²) in [6.07, 6.45) is 8.05. The number of benzene rings is 5. The van der Waals surface area contributed by atoms with Crippen molar-refractivity contribution in [2.24, 2.45) is 0 Å². The third-order valence-electron chi connectivity index (χ3n) is 7.14. The van der Waals surface area contributed by atoms with Gasteiger partial charge < -0.3 is 14.7 Å². The highest BCUT2D eigenvalue weighted by molar-refractivity contribution is 5.80. The topological polar surface area (TPSA) is 32.7 Å². The lowest BCUT2D eigenvalue weighted by Gasteiger charge is -2.26. The largest absolute Gasteiger partial charge is 0.496 e. The van der Waals surface area contributed by atoms with Gasteiger partial charge >= 0.3 is 0 Å². The Morgan fingerprint density at radius 1 is 0.659 bits per heavy atom. The van der Waals surface area contributed by atoms with Gasteiger partial charge in [0.05, 0.1) is 13.7 Å². The zero-order chi connectivity index (χ0) is 28.6. The lowest BCUT2D eigenvalue weighted by atomic mass is 10.0. The van der Waals surface area contributed by atoms with Crippen LogP contribution in [0, 0.1) is 6.92 Å². The Labute approximate surface area is 243 Å². The van der Waals surface area contributed by atoms with Crippen molar-refractivity contribution in [2.45, 2.75) is 20.5 Å². The number of aliphatic hydroxyl groups excluding tert-OH is 1. The lowest BCUT2D eigenvalue weighted by molar-refractivity contribution is 0.281. The van der Waals surface area contributed by atoms with Crippen LogP contribution >= 0.6 is 0 Å². The lowest BCUT2D eigenvalue weighted by Crippen LogP contribution is -2.09. The smallest absolute Gasteiger partial charge is 0.126 e. The van der Waals surface area contributed by atoms with E-state index in [4.69, 9.17) is 4.74 Å². The first-order valence-electron chi connectivity index (χ1n) is 13.8. The van der Waals surface area contributed by atoms with E-state index in [-0.39, 0.29) is 6.61 Å². The minimum atomic E-state index is -0.0399. The molecule has 3 nitrogen and oxygen atoms in total. The number of rotatable bonds is 9. The van der Waals surface area contributed by atoms with Crippen molar-refractivity contribution in [2.75, 3.05) is 12.0 Å². The van der Waals surface area contributed by atoms with Gasteiger partial charge in [0.1, 0.15) is 5.75 Å². The number of nitrogens with zero attached hydrogens (tertiary/aromatic N) is 1. The first kappa shape index (κ1) is 27.7. The first-order chi connectivity index (χ1) is 20.1. The van der Waals surface area contributed by atoms with Gasteiger partial charge in [-0.25, -0.2) is 0 Å². The highest BCUT2D eigenvalue weighted by Gasteiger charge is 2.13. The number of allylic oxidation sites excluding steroid dienone is 1. The second kappa shape index (κ2) is 13.0. The molecule has 0 fully saturated rings. The Kier molecular flexibility index (Phi) is 8.78. The molecule has 0 aliphatic heterocycles. The molecule has 0 heterocycles. The summed E-state index contributed by atoms with van der Waals surface area (Å²) in [5, 5.41) is 9.98. The molecule has 0 amide bonds. The second-order valence-electron chi connectivity index (χ2n) is 9.96. The number of anilines is 3. The number of aliphatic hydroxyl groups is 1. The van der Waals surface area contributed by atoms with E-state index in [0.717, 1.165) is 45.1 Å². The van der Waals surface area contributed by atoms with Crippen LogP contribution in [0.5, 0.6) is 5.75 Å². The normalized spacial score (nSPS) is 11.3. The van der Waals surface area contributed by atoms with Crippen molar-refractivity contribution in [1.82, 2.24) is 0 Å². The average molecular weight is 538 g/mol. The molecule has 41 heavy (non-hydrogen) atoms. The molecule has 204 valence electrons. The molecule has 0 spiro atoms. The molecule has 0 aliphatic rings. The summed E-state index contributed by atoms with van der Waals surface area (Å²) in [4.78, 5) is 2.27. The second-order valence-corrected chi connectivity index (χ2v) is 9.96. The Morgan fingerprint density at radius 3 is 1.83 bits per heavy atom. The molecule has 0 bridgehead atoms. The Hall–Kier alpha value is -4.86. The van der Waals surface area contributed by atoms with Gasteiger partial charge in [-0.3, -0.25) is 0 Å². The third kappa shape index (κ3) is 6.49. The van der Waals surface area contributed by atoms with Gasteiger partial charge in [-0.15, -0.1) is 0 Å². The van der Waals surface area contributed by atoms with Gasteiger partial charge in [0.2, 0.25) is 0 Å². The maximum atomic E-state index is 9.98. The number of hydrogen-bond donors (Lipinski definition) is 1. The van der Waals surface area contributed by atoms with Gasteiger partial charge in [0, 0.05) is 22.6 Å². The molecule has 1 N–H and O–H groups in total. The van der Waals surface area contributed by atoms with Crippen molar-refractivity contribution >= 4 is 35.3 Å². The highest BCUT2D eigenvalue weighted by Crippen LogP contribution is 2.36. The van der Waals surface area contributed by atoms with E-state index in [0.29, 0.717) is 0 Å². The van der Waals surface area contributed by atoms with E-state index in [9.17, 15) is 5.11 Å². The van der Waals surface area contributed by atoms with E-state index < -0.39 is 0 Å². The quantitative estimate of drug-likeness (QED) is 0.190. The fourth-order valence-electron chi connectivity index (χ4n) is 4.93. The molecule has 0 radical (unpaired) electrons. The summed E-state index contributed by atoms with van der Waals surface area (Å²) in [7, 11) is 1.67. The van der Waals surface area contributed by atoms with Crippen LogP contribution in [0.1, 0.15) is 34.7 Å². The van der Waals surface area contributed by atoms with Crippen molar-refractivity contribution in [3.8, 4) is 16.9 Å². The molecule has 3 heteroatoms. The minimum absolute atomic E-state index is 0.0399. The van der Waals surface area contributed by atoms with Crippen LogP contribution < -0.4 is 9.64 Å². The molecule has 5 rings (SSSR count). The molecule has 0 atom stereocenters. The summed E-state index contributed by atoms with van der Waals surface area (Å²) in [6.45, 7) is 4.03. The van der Waals surface area contributed by atoms with Crippen LogP contribution in [0.3, 0.4) is 0 Å². The molecule has 0 aromatic heterocycles. The van der Waals surface area contributed by atoms with Crippen molar-refractivity contribution in [1.29, 1.82) is 0 Å². The predicted molar refractivity (Wildman–Crippen MR) is 174 cm³/mol. The summed E-state index contributed by atoms with van der Waals surface area (Å²) >= 11 is 0. The van der Waals surface area contributed by atoms with Crippen LogP contribution in [-0.4, -0.2) is 12.2 Å².